The van der Waals surface area contributed by atoms with Gasteiger partial charge in [0.05, 0.1) is 0 Å². The highest BCUT2D eigenvalue weighted by Gasteiger charge is 2.40. The Kier molecular flexibility index (Phi) is 5.54. The molecule has 1 rings (SSSR count). The van der Waals surface area contributed by atoms with E-state index in [1.165, 1.54) is 0 Å². The summed E-state index contributed by atoms with van der Waals surface area (Å²) in [6.45, 7) is 0. The topological polar surface area (TPSA) is 140 Å². The molecule has 0 spiro atoms. The normalized spacial score (nSPS) is 17.9. The summed E-state index contributed by atoms with van der Waals surface area (Å²) in [6, 6.07) is -1.26. The second kappa shape index (κ2) is 6.93. The van der Waals surface area contributed by atoms with Gasteiger partial charge in [0, 0.05) is 6.42 Å². The van der Waals surface area contributed by atoms with Gasteiger partial charge in [-0.3, -0.25) is 9.59 Å². The number of nitrogens with one attached hydrogen (secondary N) is 1. The SMILES string of the molecule is [N-]=[N+]=CC(=O)CCC(NC(=O)C1(O)CCCC1)C(=O)O. The number of aliphatic carboxylic acids is 1. The number of aliphatic hydroxyl groups is 1. The molecule has 1 aliphatic rings. The largest absolute Gasteiger partial charge is 0.480 e. The third kappa shape index (κ3) is 4.25. The molecule has 1 unspecified atom stereocenters. The number of carbonyl (C=O) groups is 3. The van der Waals surface area contributed by atoms with Gasteiger partial charge in [-0.2, -0.15) is 4.79 Å². The Balaban J connectivity index is 2.58. The van der Waals surface area contributed by atoms with Crippen molar-refractivity contribution in [3.8, 4) is 0 Å². The van der Waals surface area contributed by atoms with Crippen LogP contribution >= 0.6 is 0 Å². The Bertz CT molecular complexity index is 450. The second-order valence-corrected chi connectivity index (χ2v) is 4.85. The number of rotatable bonds is 7. The highest BCUT2D eigenvalue weighted by Crippen LogP contribution is 2.29. The standard InChI is InChI=1S/C12H17N3O5/c13-14-7-8(16)3-4-9(10(17)18)15-11(19)12(20)5-1-2-6-12/h7,9,20H,1-6H2,(H,15,19)(H,17,18). The molecule has 0 aromatic rings. The molecule has 0 heterocycles. The van der Waals surface area contributed by atoms with Gasteiger partial charge >= 0.3 is 12.2 Å². The summed E-state index contributed by atoms with van der Waals surface area (Å²) in [5, 5.41) is 21.3. The highest BCUT2D eigenvalue weighted by atomic mass is 16.4. The van der Waals surface area contributed by atoms with Gasteiger partial charge in [-0.15, -0.1) is 0 Å². The first-order valence-corrected chi connectivity index (χ1v) is 6.35. The lowest BCUT2D eigenvalue weighted by Gasteiger charge is -2.23. The van der Waals surface area contributed by atoms with Crippen LogP contribution < -0.4 is 5.32 Å². The van der Waals surface area contributed by atoms with Gasteiger partial charge in [-0.05, 0) is 32.1 Å². The maximum atomic E-state index is 11.9. The number of nitrogens with zero attached hydrogens (tertiary/aromatic N) is 2. The summed E-state index contributed by atoms with van der Waals surface area (Å²) in [6.07, 6.45) is 2.40. The van der Waals surface area contributed by atoms with Crippen LogP contribution in [0.1, 0.15) is 38.5 Å². The zero-order valence-electron chi connectivity index (χ0n) is 10.9. The van der Waals surface area contributed by atoms with Crippen LogP contribution in [0.2, 0.25) is 0 Å². The van der Waals surface area contributed by atoms with E-state index in [1.54, 1.807) is 0 Å². The molecule has 0 aliphatic heterocycles. The van der Waals surface area contributed by atoms with Crippen LogP contribution in [-0.2, 0) is 14.4 Å². The number of hydrogen-bond acceptors (Lipinski definition) is 4. The van der Waals surface area contributed by atoms with E-state index < -0.39 is 29.3 Å². The van der Waals surface area contributed by atoms with Crippen molar-refractivity contribution >= 4 is 23.9 Å². The molecular formula is C12H17N3O5. The summed E-state index contributed by atoms with van der Waals surface area (Å²) < 4.78 is 0. The van der Waals surface area contributed by atoms with Gasteiger partial charge in [0.15, 0.2) is 0 Å². The molecule has 0 aromatic heterocycles. The minimum Gasteiger partial charge on any atom is -0.480 e. The molecule has 1 aliphatic carbocycles. The van der Waals surface area contributed by atoms with E-state index in [4.69, 9.17) is 10.6 Å². The Hall–Kier alpha value is -2.05. The number of ketones is 1. The Labute approximate surface area is 115 Å². The lowest BCUT2D eigenvalue weighted by atomic mass is 10.00. The number of hydrogen-bond donors (Lipinski definition) is 3. The molecule has 0 aromatic carbocycles. The summed E-state index contributed by atoms with van der Waals surface area (Å²) in [7, 11) is 0. The van der Waals surface area contributed by atoms with Crippen molar-refractivity contribution in [1.29, 1.82) is 0 Å². The van der Waals surface area contributed by atoms with Gasteiger partial charge in [-0.1, -0.05) is 0 Å². The van der Waals surface area contributed by atoms with Gasteiger partial charge in [-0.25, -0.2) is 4.79 Å². The van der Waals surface area contributed by atoms with Crippen LogP contribution in [0.5, 0.6) is 0 Å². The molecule has 110 valence electrons. The zero-order valence-corrected chi connectivity index (χ0v) is 10.9. The number of amides is 1. The molecule has 3 N–H and O–H groups in total. The first-order chi connectivity index (χ1) is 9.39. The van der Waals surface area contributed by atoms with E-state index in [0.717, 1.165) is 0 Å². The lowest BCUT2D eigenvalue weighted by molar-refractivity contribution is -0.147. The fraction of sp³-hybridized carbons (Fsp3) is 0.667. The fourth-order valence-corrected chi connectivity index (χ4v) is 2.15. The number of Topliss-reactive ketones (excluding diaryl/α,β-unsaturated/α-hetero) is 1. The number of carboxylic acids is 1. The van der Waals surface area contributed by atoms with Gasteiger partial charge < -0.3 is 21.1 Å². The van der Waals surface area contributed by atoms with Crippen molar-refractivity contribution in [3.63, 3.8) is 0 Å². The van der Waals surface area contributed by atoms with Crippen LogP contribution in [0.25, 0.3) is 5.53 Å². The summed E-state index contributed by atoms with van der Waals surface area (Å²) in [5.74, 6) is -2.55. The van der Waals surface area contributed by atoms with Crippen LogP contribution in [0.3, 0.4) is 0 Å². The summed E-state index contributed by atoms with van der Waals surface area (Å²) >= 11 is 0. The van der Waals surface area contributed by atoms with Crippen LogP contribution in [-0.4, -0.2) is 50.5 Å². The monoisotopic (exact) mass is 283 g/mol. The Morgan fingerprint density at radius 3 is 2.45 bits per heavy atom. The Morgan fingerprint density at radius 1 is 1.35 bits per heavy atom. The predicted molar refractivity (Wildman–Crippen MR) is 66.9 cm³/mol. The first-order valence-electron chi connectivity index (χ1n) is 6.35. The van der Waals surface area contributed by atoms with E-state index in [1.807, 2.05) is 0 Å². The van der Waals surface area contributed by atoms with E-state index in [9.17, 15) is 19.5 Å². The van der Waals surface area contributed by atoms with Crippen molar-refractivity contribution in [2.45, 2.75) is 50.2 Å². The maximum absolute atomic E-state index is 11.9. The molecule has 1 fully saturated rings. The number of carbonyl (C=O) groups excluding carboxylic acids is 2. The third-order valence-electron chi connectivity index (χ3n) is 3.34. The van der Waals surface area contributed by atoms with E-state index in [-0.39, 0.29) is 12.8 Å². The first kappa shape index (κ1) is 16.0. The predicted octanol–water partition coefficient (Wildman–Crippen LogP) is -0.489. The van der Waals surface area contributed by atoms with E-state index in [2.05, 4.69) is 10.1 Å². The highest BCUT2D eigenvalue weighted by molar-refractivity contribution is 6.25. The van der Waals surface area contributed by atoms with E-state index in [0.29, 0.717) is 31.9 Å². The smallest absolute Gasteiger partial charge is 0.326 e. The zero-order chi connectivity index (χ0) is 15.2. The molecule has 8 nitrogen and oxygen atoms in total. The average molecular weight is 283 g/mol. The van der Waals surface area contributed by atoms with Crippen molar-refractivity contribution in [2.75, 3.05) is 0 Å². The molecule has 8 heteroatoms. The molecule has 0 bridgehead atoms. The summed E-state index contributed by atoms with van der Waals surface area (Å²) in [4.78, 5) is 36.6. The van der Waals surface area contributed by atoms with Gasteiger partial charge in [0.25, 0.3) is 5.91 Å². The average Bonchev–Trinajstić information content (AvgIpc) is 2.82. The quantitative estimate of drug-likeness (QED) is 0.328. The molecule has 0 saturated heterocycles. The van der Waals surface area contributed by atoms with Crippen molar-refractivity contribution in [2.24, 2.45) is 0 Å². The molecule has 1 saturated carbocycles. The van der Waals surface area contributed by atoms with E-state index >= 15 is 0 Å². The maximum Gasteiger partial charge on any atom is 0.326 e. The molecular weight excluding hydrogens is 266 g/mol. The van der Waals surface area contributed by atoms with Crippen LogP contribution in [0, 0.1) is 0 Å². The Morgan fingerprint density at radius 2 is 1.95 bits per heavy atom. The van der Waals surface area contributed by atoms with Crippen LogP contribution in [0.4, 0.5) is 0 Å². The second-order valence-electron chi connectivity index (χ2n) is 4.85. The van der Waals surface area contributed by atoms with Crippen LogP contribution in [0.15, 0.2) is 0 Å². The van der Waals surface area contributed by atoms with Gasteiger partial charge in [0.2, 0.25) is 5.78 Å². The minimum atomic E-state index is -1.51. The fourth-order valence-electron chi connectivity index (χ4n) is 2.15. The van der Waals surface area contributed by atoms with Crippen molar-refractivity contribution in [3.05, 3.63) is 5.53 Å². The summed E-state index contributed by atoms with van der Waals surface area (Å²) in [5.41, 5.74) is 6.65. The molecule has 1 amide bonds. The third-order valence-corrected chi connectivity index (χ3v) is 3.34. The molecule has 0 radical (unpaired) electrons. The van der Waals surface area contributed by atoms with Crippen molar-refractivity contribution in [1.82, 2.24) is 5.32 Å². The lowest BCUT2D eigenvalue weighted by Crippen LogP contribution is -2.51. The van der Waals surface area contributed by atoms with Crippen molar-refractivity contribution < 1.29 is 29.4 Å². The molecule has 20 heavy (non-hydrogen) atoms. The molecule has 1 atom stereocenters. The van der Waals surface area contributed by atoms with Gasteiger partial charge in [0.1, 0.15) is 11.6 Å². The minimum absolute atomic E-state index is 0.137. The number of carboxylic acid groups (broad SMARTS) is 1.